The maximum Gasteiger partial charge on any atom is -0.0328 e. The molecule has 0 rings (SSSR count). The van der Waals surface area contributed by atoms with Gasteiger partial charge in [-0.25, -0.2) is 0 Å². The van der Waals surface area contributed by atoms with E-state index in [1.54, 1.807) is 0 Å². The molecule has 0 saturated heterocycles. The zero-order valence-corrected chi connectivity index (χ0v) is 8.55. The quantitative estimate of drug-likeness (QED) is 0.390. The van der Waals surface area contributed by atoms with Gasteiger partial charge in [-0.15, -0.1) is 6.58 Å². The molecule has 0 heterocycles. The van der Waals surface area contributed by atoms with E-state index < -0.39 is 0 Å². The highest BCUT2D eigenvalue weighted by atomic mass is 14.0. The Balaban J connectivity index is 3.13. The molecule has 0 nitrogen and oxygen atoms in total. The van der Waals surface area contributed by atoms with Crippen molar-refractivity contribution in [1.29, 1.82) is 0 Å². The zero-order chi connectivity index (χ0) is 9.23. The van der Waals surface area contributed by atoms with Crippen molar-refractivity contribution >= 4 is 0 Å². The second kappa shape index (κ2) is 8.58. The summed E-state index contributed by atoms with van der Waals surface area (Å²) in [6, 6.07) is 0. The summed E-state index contributed by atoms with van der Waals surface area (Å²) in [6.07, 6.45) is 12.9. The van der Waals surface area contributed by atoms with Crippen LogP contribution in [-0.4, -0.2) is 0 Å². The maximum absolute atomic E-state index is 3.75. The van der Waals surface area contributed by atoms with Crippen LogP contribution in [0, 0.1) is 5.92 Å². The van der Waals surface area contributed by atoms with Gasteiger partial charge in [-0.1, -0.05) is 38.0 Å². The number of hydrogen-bond donors (Lipinski definition) is 0. The van der Waals surface area contributed by atoms with E-state index in [2.05, 4.69) is 32.6 Å². The second-order valence-corrected chi connectivity index (χ2v) is 3.48. The smallest absolute Gasteiger partial charge is 0.0328 e. The van der Waals surface area contributed by atoms with Gasteiger partial charge in [0.05, 0.1) is 0 Å². The summed E-state index contributed by atoms with van der Waals surface area (Å²) in [7, 11) is 0. The number of allylic oxidation sites excluding steroid dienone is 3. The monoisotopic (exact) mass is 166 g/mol. The molecule has 0 aliphatic rings. The number of unbranched alkanes of at least 4 members (excludes halogenated alkanes) is 2. The average molecular weight is 166 g/mol. The summed E-state index contributed by atoms with van der Waals surface area (Å²) in [5, 5.41) is 0. The molecule has 1 unspecified atom stereocenters. The van der Waals surface area contributed by atoms with Crippen LogP contribution in [0.15, 0.2) is 24.8 Å². The van der Waals surface area contributed by atoms with Crippen LogP contribution in [0.5, 0.6) is 0 Å². The Morgan fingerprint density at radius 1 is 1.33 bits per heavy atom. The molecule has 0 aliphatic carbocycles. The largest absolute Gasteiger partial charge is 0.103 e. The third-order valence-corrected chi connectivity index (χ3v) is 2.12. The standard InChI is InChI=1S/C12H22/c1-4-6-7-8-9-11-12(3)10-5-2/h4-6,12H,2,7-11H2,1,3H3. The molecule has 0 heteroatoms. The second-order valence-electron chi connectivity index (χ2n) is 3.48. The van der Waals surface area contributed by atoms with E-state index in [-0.39, 0.29) is 0 Å². The minimum absolute atomic E-state index is 0.827. The predicted octanol–water partition coefficient (Wildman–Crippen LogP) is 4.34. The lowest BCUT2D eigenvalue weighted by atomic mass is 10.00. The third kappa shape index (κ3) is 7.59. The SMILES string of the molecule is C=CCC(C)CCCCC=CC. The molecular weight excluding hydrogens is 144 g/mol. The van der Waals surface area contributed by atoms with Gasteiger partial charge in [0.15, 0.2) is 0 Å². The highest BCUT2D eigenvalue weighted by molar-refractivity contribution is 4.76. The first-order valence-corrected chi connectivity index (χ1v) is 5.03. The summed E-state index contributed by atoms with van der Waals surface area (Å²) in [5.41, 5.74) is 0. The maximum atomic E-state index is 3.75. The van der Waals surface area contributed by atoms with E-state index in [1.165, 1.54) is 32.1 Å². The molecule has 0 spiro atoms. The van der Waals surface area contributed by atoms with Crippen LogP contribution in [0.1, 0.15) is 46.0 Å². The lowest BCUT2D eigenvalue weighted by Gasteiger charge is -2.06. The normalized spacial score (nSPS) is 13.5. The first-order chi connectivity index (χ1) is 5.81. The Kier molecular flexibility index (Phi) is 8.20. The Hall–Kier alpha value is -0.520. The van der Waals surface area contributed by atoms with Crippen LogP contribution in [0.3, 0.4) is 0 Å². The lowest BCUT2D eigenvalue weighted by Crippen LogP contribution is -1.91. The summed E-state index contributed by atoms with van der Waals surface area (Å²) >= 11 is 0. The topological polar surface area (TPSA) is 0 Å². The van der Waals surface area contributed by atoms with Gasteiger partial charge < -0.3 is 0 Å². The lowest BCUT2D eigenvalue weighted by molar-refractivity contribution is 0.505. The van der Waals surface area contributed by atoms with Crippen molar-refractivity contribution in [3.05, 3.63) is 24.8 Å². The highest BCUT2D eigenvalue weighted by Gasteiger charge is 1.97. The molecule has 70 valence electrons. The summed E-state index contributed by atoms with van der Waals surface area (Å²) in [5.74, 6) is 0.827. The summed E-state index contributed by atoms with van der Waals surface area (Å²) < 4.78 is 0. The summed E-state index contributed by atoms with van der Waals surface area (Å²) in [4.78, 5) is 0. The van der Waals surface area contributed by atoms with Crippen LogP contribution in [0.4, 0.5) is 0 Å². The molecule has 12 heavy (non-hydrogen) atoms. The van der Waals surface area contributed by atoms with Crippen LogP contribution in [-0.2, 0) is 0 Å². The molecule has 0 aromatic rings. The zero-order valence-electron chi connectivity index (χ0n) is 8.55. The molecule has 0 aromatic heterocycles. The minimum atomic E-state index is 0.827. The van der Waals surface area contributed by atoms with Gasteiger partial charge in [0.25, 0.3) is 0 Å². The van der Waals surface area contributed by atoms with E-state index in [1.807, 2.05) is 6.08 Å². The first-order valence-electron chi connectivity index (χ1n) is 5.03. The van der Waals surface area contributed by atoms with Gasteiger partial charge in [0.2, 0.25) is 0 Å². The highest BCUT2D eigenvalue weighted by Crippen LogP contribution is 2.13. The third-order valence-electron chi connectivity index (χ3n) is 2.12. The first kappa shape index (κ1) is 11.5. The molecule has 0 radical (unpaired) electrons. The predicted molar refractivity (Wildman–Crippen MR) is 57.3 cm³/mol. The molecule has 0 amide bonds. The Bertz CT molecular complexity index is 122. The number of hydrogen-bond acceptors (Lipinski definition) is 0. The molecule has 0 N–H and O–H groups in total. The Morgan fingerprint density at radius 3 is 2.67 bits per heavy atom. The fourth-order valence-corrected chi connectivity index (χ4v) is 1.32. The molecule has 0 aromatic carbocycles. The van der Waals surface area contributed by atoms with Crippen molar-refractivity contribution in [2.75, 3.05) is 0 Å². The molecular formula is C12H22. The van der Waals surface area contributed by atoms with Crippen LogP contribution < -0.4 is 0 Å². The van der Waals surface area contributed by atoms with E-state index in [4.69, 9.17) is 0 Å². The summed E-state index contributed by atoms with van der Waals surface area (Å²) in [6.45, 7) is 8.13. The molecule has 1 atom stereocenters. The fraction of sp³-hybridized carbons (Fsp3) is 0.667. The van der Waals surface area contributed by atoms with Crippen molar-refractivity contribution in [2.45, 2.75) is 46.0 Å². The minimum Gasteiger partial charge on any atom is -0.103 e. The average Bonchev–Trinajstić information content (AvgIpc) is 2.05. The van der Waals surface area contributed by atoms with Crippen molar-refractivity contribution in [3.8, 4) is 0 Å². The van der Waals surface area contributed by atoms with Gasteiger partial charge in [-0.3, -0.25) is 0 Å². The molecule has 0 aliphatic heterocycles. The van der Waals surface area contributed by atoms with E-state index in [0.717, 1.165) is 5.92 Å². The Labute approximate surface area is 77.4 Å². The van der Waals surface area contributed by atoms with Crippen molar-refractivity contribution in [1.82, 2.24) is 0 Å². The van der Waals surface area contributed by atoms with E-state index in [0.29, 0.717) is 0 Å². The van der Waals surface area contributed by atoms with Gasteiger partial charge in [0, 0.05) is 0 Å². The van der Waals surface area contributed by atoms with Gasteiger partial charge in [0.1, 0.15) is 0 Å². The molecule has 0 fully saturated rings. The van der Waals surface area contributed by atoms with Gasteiger partial charge in [-0.2, -0.15) is 0 Å². The molecule has 0 saturated carbocycles. The molecule has 0 bridgehead atoms. The van der Waals surface area contributed by atoms with Crippen LogP contribution >= 0.6 is 0 Å². The van der Waals surface area contributed by atoms with Crippen molar-refractivity contribution in [3.63, 3.8) is 0 Å². The fourth-order valence-electron chi connectivity index (χ4n) is 1.32. The van der Waals surface area contributed by atoms with E-state index in [9.17, 15) is 0 Å². The Morgan fingerprint density at radius 2 is 2.08 bits per heavy atom. The van der Waals surface area contributed by atoms with Crippen molar-refractivity contribution in [2.24, 2.45) is 5.92 Å². The van der Waals surface area contributed by atoms with Crippen LogP contribution in [0.2, 0.25) is 0 Å². The van der Waals surface area contributed by atoms with E-state index >= 15 is 0 Å². The van der Waals surface area contributed by atoms with Gasteiger partial charge >= 0.3 is 0 Å². The van der Waals surface area contributed by atoms with Crippen molar-refractivity contribution < 1.29 is 0 Å². The van der Waals surface area contributed by atoms with Gasteiger partial charge in [-0.05, 0) is 32.1 Å². The van der Waals surface area contributed by atoms with Crippen LogP contribution in [0.25, 0.3) is 0 Å². The number of rotatable bonds is 7.